The Morgan fingerprint density at radius 1 is 0.805 bits per heavy atom. The summed E-state index contributed by atoms with van der Waals surface area (Å²) in [7, 11) is 3.26. The Morgan fingerprint density at radius 2 is 1.12 bits per heavy atom. The zero-order valence-corrected chi connectivity index (χ0v) is 26.7. The predicted molar refractivity (Wildman–Crippen MR) is 159 cm³/mol. The Kier molecular flexibility index (Phi) is 13.4. The van der Waals surface area contributed by atoms with E-state index in [1.165, 1.54) is 0 Å². The molecule has 2 aromatic rings. The summed E-state index contributed by atoms with van der Waals surface area (Å²) >= 11 is 0. The standard InChI is InChI=1S/C30H42N2O4.C2H4O2.Co/c1-29(2,3)23-15-21(35-7)13-19(27(23)33)17-31-25-11-9-10-12-26(25)32-18-20-14-22(36-8)16-24(28(20)34)30(4,5)6;1-2(3)4;/h13-18,25-26,33-34H,9-12H2,1-8H3;1H3,(H,3,4);/p-1/t25-,26-;;/m1../s1. The summed E-state index contributed by atoms with van der Waals surface area (Å²) in [6.07, 6.45) is 7.53. The fourth-order valence-corrected chi connectivity index (χ4v) is 4.63. The monoisotopic (exact) mass is 612 g/mol. The van der Waals surface area contributed by atoms with Crippen molar-refractivity contribution >= 4 is 18.4 Å². The number of hydrogen-bond acceptors (Lipinski definition) is 8. The predicted octanol–water partition coefficient (Wildman–Crippen LogP) is 5.31. The molecule has 0 bridgehead atoms. The Balaban J connectivity index is 0.00000157. The number of carbonyl (C=O) groups is 1. The fraction of sp³-hybridized carbons (Fsp3) is 0.531. The van der Waals surface area contributed by atoms with E-state index in [0.717, 1.165) is 43.7 Å². The van der Waals surface area contributed by atoms with E-state index in [2.05, 4.69) is 41.5 Å². The number of methoxy groups -OCH3 is 2. The van der Waals surface area contributed by atoms with Crippen LogP contribution in [0.15, 0.2) is 34.3 Å². The largest absolute Gasteiger partial charge is 0.550 e. The van der Waals surface area contributed by atoms with Crippen LogP contribution in [0, 0.1) is 0 Å². The summed E-state index contributed by atoms with van der Waals surface area (Å²) in [5.74, 6) is 0.777. The maximum atomic E-state index is 10.9. The molecule has 1 aliphatic carbocycles. The first kappa shape index (κ1) is 36.0. The Bertz CT molecular complexity index is 1130. The number of benzene rings is 2. The van der Waals surface area contributed by atoms with E-state index in [1.807, 2.05) is 24.3 Å². The van der Waals surface area contributed by atoms with E-state index < -0.39 is 5.97 Å². The van der Waals surface area contributed by atoms with E-state index in [1.54, 1.807) is 26.6 Å². The number of aliphatic imine (C=N–C) groups is 2. The van der Waals surface area contributed by atoms with Gasteiger partial charge in [0, 0.05) is 57.4 Å². The second-order valence-corrected chi connectivity index (χ2v) is 12.2. The molecule has 1 radical (unpaired) electrons. The third kappa shape index (κ3) is 10.4. The van der Waals surface area contributed by atoms with Crippen LogP contribution in [-0.2, 0) is 32.4 Å². The van der Waals surface area contributed by atoms with Crippen LogP contribution < -0.4 is 14.6 Å². The minimum atomic E-state index is -1.08. The second-order valence-electron chi connectivity index (χ2n) is 12.2. The first-order valence-electron chi connectivity index (χ1n) is 13.6. The van der Waals surface area contributed by atoms with Gasteiger partial charge in [0.2, 0.25) is 0 Å². The number of carboxylic acid groups (broad SMARTS) is 1. The molecule has 0 unspecified atom stereocenters. The maximum absolute atomic E-state index is 10.9. The van der Waals surface area contributed by atoms with Crippen molar-refractivity contribution < 1.29 is 46.4 Å². The molecule has 41 heavy (non-hydrogen) atoms. The quantitative estimate of drug-likeness (QED) is 0.426. The van der Waals surface area contributed by atoms with Gasteiger partial charge in [-0.15, -0.1) is 0 Å². The molecular formula is C32H45CoN2O6-. The topological polar surface area (TPSA) is 124 Å². The van der Waals surface area contributed by atoms with Gasteiger partial charge in [-0.1, -0.05) is 54.4 Å². The molecular weight excluding hydrogens is 567 g/mol. The Labute approximate surface area is 255 Å². The minimum Gasteiger partial charge on any atom is -0.550 e. The summed E-state index contributed by atoms with van der Waals surface area (Å²) in [5, 5.41) is 30.8. The van der Waals surface area contributed by atoms with Gasteiger partial charge in [0.1, 0.15) is 23.0 Å². The Morgan fingerprint density at radius 3 is 1.39 bits per heavy atom. The van der Waals surface area contributed by atoms with E-state index in [0.29, 0.717) is 22.6 Å². The number of ether oxygens (including phenoxy) is 2. The van der Waals surface area contributed by atoms with Crippen molar-refractivity contribution in [1.29, 1.82) is 0 Å². The molecule has 2 atom stereocenters. The normalized spacial score (nSPS) is 17.5. The van der Waals surface area contributed by atoms with Crippen LogP contribution >= 0.6 is 0 Å². The number of nitrogens with zero attached hydrogens (tertiary/aromatic N) is 2. The number of rotatable bonds is 6. The van der Waals surface area contributed by atoms with E-state index in [9.17, 15) is 10.2 Å². The number of carbonyl (C=O) groups excluding carboxylic acids is 1. The van der Waals surface area contributed by atoms with Crippen LogP contribution in [0.4, 0.5) is 0 Å². The van der Waals surface area contributed by atoms with Gasteiger partial charge >= 0.3 is 0 Å². The van der Waals surface area contributed by atoms with Crippen LogP contribution in [-0.4, -0.2) is 54.9 Å². The van der Waals surface area contributed by atoms with Gasteiger partial charge in [0.25, 0.3) is 0 Å². The van der Waals surface area contributed by atoms with Crippen LogP contribution in [0.5, 0.6) is 23.0 Å². The second kappa shape index (κ2) is 15.3. The number of phenolic OH excluding ortho intramolecular Hbond substituents is 2. The van der Waals surface area contributed by atoms with Gasteiger partial charge in [-0.3, -0.25) is 9.98 Å². The van der Waals surface area contributed by atoms with Crippen molar-refractivity contribution in [2.24, 2.45) is 9.98 Å². The average Bonchev–Trinajstić information content (AvgIpc) is 2.86. The van der Waals surface area contributed by atoms with E-state index in [4.69, 9.17) is 29.4 Å². The maximum Gasteiger partial charge on any atom is 0.128 e. The van der Waals surface area contributed by atoms with Gasteiger partial charge in [-0.2, -0.15) is 0 Å². The third-order valence-corrected chi connectivity index (χ3v) is 6.82. The molecule has 1 aliphatic rings. The molecule has 0 amide bonds. The van der Waals surface area contributed by atoms with Gasteiger partial charge in [0.15, 0.2) is 0 Å². The summed E-state index contributed by atoms with van der Waals surface area (Å²) in [5.41, 5.74) is 2.47. The zero-order valence-electron chi connectivity index (χ0n) is 25.7. The van der Waals surface area contributed by atoms with Crippen molar-refractivity contribution in [3.8, 4) is 23.0 Å². The van der Waals surface area contributed by atoms with E-state index >= 15 is 0 Å². The van der Waals surface area contributed by atoms with Crippen LogP contribution in [0.1, 0.15) is 96.4 Å². The summed E-state index contributed by atoms with van der Waals surface area (Å²) in [6, 6.07) is 7.39. The van der Waals surface area contributed by atoms with Gasteiger partial charge in [-0.05, 0) is 54.9 Å². The first-order chi connectivity index (χ1) is 18.6. The van der Waals surface area contributed by atoms with Crippen molar-refractivity contribution in [2.75, 3.05) is 14.2 Å². The number of aromatic hydroxyl groups is 2. The molecule has 0 aliphatic heterocycles. The molecule has 3 rings (SSSR count). The van der Waals surface area contributed by atoms with Crippen molar-refractivity contribution in [3.63, 3.8) is 0 Å². The molecule has 9 heteroatoms. The summed E-state index contributed by atoms with van der Waals surface area (Å²) < 4.78 is 11.0. The summed E-state index contributed by atoms with van der Waals surface area (Å²) in [4.78, 5) is 18.6. The van der Waals surface area contributed by atoms with Crippen molar-refractivity contribution in [2.45, 2.75) is 97.1 Å². The molecule has 0 saturated heterocycles. The molecule has 229 valence electrons. The first-order valence-corrected chi connectivity index (χ1v) is 13.6. The fourth-order valence-electron chi connectivity index (χ4n) is 4.63. The molecule has 2 aromatic carbocycles. The molecule has 0 aromatic heterocycles. The van der Waals surface area contributed by atoms with Crippen molar-refractivity contribution in [1.82, 2.24) is 0 Å². The number of hydrogen-bond donors (Lipinski definition) is 2. The molecule has 0 spiro atoms. The number of phenols is 2. The average molecular weight is 613 g/mol. The minimum absolute atomic E-state index is 0. The summed E-state index contributed by atoms with van der Waals surface area (Å²) in [6.45, 7) is 13.3. The Hall–Kier alpha value is -3.04. The van der Waals surface area contributed by atoms with E-state index in [-0.39, 0.29) is 51.2 Å². The van der Waals surface area contributed by atoms with Crippen LogP contribution in [0.3, 0.4) is 0 Å². The van der Waals surface area contributed by atoms with Crippen LogP contribution in [0.2, 0.25) is 0 Å². The van der Waals surface area contributed by atoms with Crippen molar-refractivity contribution in [3.05, 3.63) is 46.5 Å². The van der Waals surface area contributed by atoms with Crippen LogP contribution in [0.25, 0.3) is 0 Å². The smallest absolute Gasteiger partial charge is 0.128 e. The third-order valence-electron chi connectivity index (χ3n) is 6.82. The van der Waals surface area contributed by atoms with Gasteiger partial charge in [-0.25, -0.2) is 0 Å². The number of aliphatic carboxylic acids is 1. The van der Waals surface area contributed by atoms with Gasteiger partial charge < -0.3 is 29.6 Å². The zero-order chi connectivity index (χ0) is 30.3. The molecule has 0 heterocycles. The molecule has 8 nitrogen and oxygen atoms in total. The molecule has 2 N–H and O–H groups in total. The SMILES string of the molecule is CC(=O)[O-].COc1cc(C=N[C@@H]2CCCC[C@H]2N=Cc2cc(OC)cc(C(C)(C)C)c2O)c(O)c(C(C)(C)C)c1.[Co]. The molecule has 1 saturated carbocycles. The van der Waals surface area contributed by atoms with Gasteiger partial charge in [0.05, 0.1) is 26.3 Å². The number of carboxylic acids is 1. The molecule has 1 fully saturated rings.